The molecule has 0 amide bonds. The predicted molar refractivity (Wildman–Crippen MR) is 59.5 cm³/mol. The van der Waals surface area contributed by atoms with Crippen LogP contribution in [0.5, 0.6) is 0 Å². The Morgan fingerprint density at radius 1 is 1.60 bits per heavy atom. The maximum Gasteiger partial charge on any atom is 0.337 e. The third-order valence-corrected chi connectivity index (χ3v) is 2.60. The molecule has 82 valence electrons. The molecule has 5 nitrogen and oxygen atoms in total. The Hall–Kier alpha value is -1.11. The monoisotopic (exact) mass is 274 g/mol. The summed E-state index contributed by atoms with van der Waals surface area (Å²) < 4.78 is 0. The molecule has 0 aliphatic heterocycles. The molecule has 0 heterocycles. The van der Waals surface area contributed by atoms with Crippen molar-refractivity contribution in [2.75, 3.05) is 5.43 Å². The largest absolute Gasteiger partial charge is 0.479 e. The Bertz CT molecular complexity index is 370. The molecule has 0 aliphatic rings. The number of hydrogen-bond acceptors (Lipinski definition) is 4. The Morgan fingerprint density at radius 2 is 2.27 bits per heavy atom. The van der Waals surface area contributed by atoms with E-state index in [0.717, 1.165) is 5.56 Å². The second kappa shape index (κ2) is 5.11. The van der Waals surface area contributed by atoms with Gasteiger partial charge in [-0.1, -0.05) is 28.1 Å². The summed E-state index contributed by atoms with van der Waals surface area (Å²) in [5.74, 6) is 3.94. The van der Waals surface area contributed by atoms with Crippen molar-refractivity contribution in [2.45, 2.75) is 11.4 Å². The van der Waals surface area contributed by atoms with Crippen molar-refractivity contribution in [2.24, 2.45) is 5.84 Å². The fourth-order valence-electron chi connectivity index (χ4n) is 1.18. The van der Waals surface area contributed by atoms with Crippen LogP contribution in [0.25, 0.3) is 0 Å². The second-order valence-electron chi connectivity index (χ2n) is 2.94. The second-order valence-corrected chi connectivity index (χ2v) is 3.50. The zero-order valence-corrected chi connectivity index (χ0v) is 9.36. The van der Waals surface area contributed by atoms with Gasteiger partial charge in [-0.15, -0.1) is 0 Å². The summed E-state index contributed by atoms with van der Waals surface area (Å²) in [7, 11) is 0. The van der Waals surface area contributed by atoms with E-state index in [1.54, 1.807) is 12.1 Å². The molecule has 0 saturated heterocycles. The van der Waals surface area contributed by atoms with Crippen LogP contribution in [-0.2, 0) is 10.1 Å². The number of hydrazine groups is 1. The number of aliphatic carboxylic acids is 1. The van der Waals surface area contributed by atoms with Gasteiger partial charge in [0.1, 0.15) is 0 Å². The molecule has 5 N–H and O–H groups in total. The van der Waals surface area contributed by atoms with Gasteiger partial charge in [0.25, 0.3) is 0 Å². The van der Waals surface area contributed by atoms with E-state index in [1.165, 1.54) is 6.07 Å². The Labute approximate surface area is 95.0 Å². The predicted octanol–water partition coefficient (Wildman–Crippen LogP) is 0.985. The summed E-state index contributed by atoms with van der Waals surface area (Å²) in [5, 5.41) is 18.7. The molecule has 6 heteroatoms. The third kappa shape index (κ3) is 2.68. The molecule has 15 heavy (non-hydrogen) atoms. The highest BCUT2D eigenvalue weighted by Crippen LogP contribution is 2.24. The molecule has 0 spiro atoms. The lowest BCUT2D eigenvalue weighted by Gasteiger charge is -2.12. The summed E-state index contributed by atoms with van der Waals surface area (Å²) in [5.41, 5.74) is 3.95. The van der Waals surface area contributed by atoms with Gasteiger partial charge < -0.3 is 15.6 Å². The molecule has 0 bridgehead atoms. The van der Waals surface area contributed by atoms with Gasteiger partial charge in [0.15, 0.2) is 6.10 Å². The minimum atomic E-state index is -1.57. The lowest BCUT2D eigenvalue weighted by atomic mass is 10.1. The lowest BCUT2D eigenvalue weighted by Crippen LogP contribution is -2.16. The third-order valence-electron chi connectivity index (χ3n) is 1.96. The van der Waals surface area contributed by atoms with Crippen LogP contribution in [-0.4, -0.2) is 16.2 Å². The molecule has 0 aromatic heterocycles. The first kappa shape index (κ1) is 12.0. The van der Waals surface area contributed by atoms with Crippen molar-refractivity contribution in [1.29, 1.82) is 0 Å². The molecule has 0 radical (unpaired) electrons. The number of anilines is 1. The van der Waals surface area contributed by atoms with Gasteiger partial charge in [-0.05, 0) is 11.6 Å². The van der Waals surface area contributed by atoms with E-state index in [-0.39, 0.29) is 5.56 Å². The number of aliphatic hydroxyl groups excluding tert-OH is 1. The number of carbonyl (C=O) groups is 1. The zero-order chi connectivity index (χ0) is 11.4. The normalized spacial score (nSPS) is 12.2. The van der Waals surface area contributed by atoms with Crippen LogP contribution in [0.4, 0.5) is 5.69 Å². The summed E-state index contributed by atoms with van der Waals surface area (Å²) in [6.45, 7) is 0. The van der Waals surface area contributed by atoms with E-state index in [2.05, 4.69) is 21.4 Å². The number of nitrogen functional groups attached to an aromatic ring is 1. The first-order valence-corrected chi connectivity index (χ1v) is 5.28. The maximum atomic E-state index is 10.6. The van der Waals surface area contributed by atoms with Crippen molar-refractivity contribution in [3.05, 3.63) is 29.3 Å². The topological polar surface area (TPSA) is 95.6 Å². The van der Waals surface area contributed by atoms with E-state index in [0.29, 0.717) is 11.0 Å². The van der Waals surface area contributed by atoms with Crippen LogP contribution < -0.4 is 11.3 Å². The smallest absolute Gasteiger partial charge is 0.337 e. The average Bonchev–Trinajstić information content (AvgIpc) is 2.27. The SMILES string of the molecule is NNc1cc(CBr)ccc1C(O)C(=O)O. The fraction of sp³-hybridized carbons (Fsp3) is 0.222. The Kier molecular flexibility index (Phi) is 4.07. The highest BCUT2D eigenvalue weighted by molar-refractivity contribution is 9.08. The number of nitrogens with two attached hydrogens (primary N) is 1. The number of benzene rings is 1. The molecular weight excluding hydrogens is 264 g/mol. The van der Waals surface area contributed by atoms with Crippen LogP contribution >= 0.6 is 15.9 Å². The number of halogens is 1. The summed E-state index contributed by atoms with van der Waals surface area (Å²) in [6.07, 6.45) is -1.57. The van der Waals surface area contributed by atoms with Crippen LogP contribution in [0.1, 0.15) is 17.2 Å². The fourth-order valence-corrected chi connectivity index (χ4v) is 1.53. The number of rotatable bonds is 4. The lowest BCUT2D eigenvalue weighted by molar-refractivity contribution is -0.146. The molecule has 0 fully saturated rings. The van der Waals surface area contributed by atoms with Gasteiger partial charge in [-0.2, -0.15) is 0 Å². The Morgan fingerprint density at radius 3 is 2.73 bits per heavy atom. The zero-order valence-electron chi connectivity index (χ0n) is 7.77. The van der Waals surface area contributed by atoms with Crippen molar-refractivity contribution < 1.29 is 15.0 Å². The molecule has 1 aromatic carbocycles. The first-order chi connectivity index (χ1) is 7.10. The highest BCUT2D eigenvalue weighted by Gasteiger charge is 2.19. The maximum absolute atomic E-state index is 10.6. The van der Waals surface area contributed by atoms with E-state index in [4.69, 9.17) is 10.9 Å². The van der Waals surface area contributed by atoms with Crippen molar-refractivity contribution in [3.8, 4) is 0 Å². The molecule has 0 saturated carbocycles. The minimum Gasteiger partial charge on any atom is -0.479 e. The van der Waals surface area contributed by atoms with Crippen molar-refractivity contribution >= 4 is 27.6 Å². The number of carboxylic acids is 1. The van der Waals surface area contributed by atoms with Crippen molar-refractivity contribution in [1.82, 2.24) is 0 Å². The van der Waals surface area contributed by atoms with E-state index >= 15 is 0 Å². The summed E-state index contributed by atoms with van der Waals surface area (Å²) in [4.78, 5) is 10.6. The molecule has 1 unspecified atom stereocenters. The Balaban J connectivity index is 3.12. The number of nitrogens with one attached hydrogen (secondary N) is 1. The van der Waals surface area contributed by atoms with Crippen LogP contribution in [0.15, 0.2) is 18.2 Å². The van der Waals surface area contributed by atoms with Crippen LogP contribution in [0.2, 0.25) is 0 Å². The quantitative estimate of drug-likeness (QED) is 0.373. The van der Waals surface area contributed by atoms with Gasteiger partial charge in [-0.25, -0.2) is 4.79 Å². The number of carboxylic acid groups (broad SMARTS) is 1. The van der Waals surface area contributed by atoms with Crippen LogP contribution in [0.3, 0.4) is 0 Å². The number of aliphatic hydroxyl groups is 1. The van der Waals surface area contributed by atoms with E-state index in [1.807, 2.05) is 0 Å². The number of alkyl halides is 1. The van der Waals surface area contributed by atoms with E-state index < -0.39 is 12.1 Å². The molecule has 1 aromatic rings. The van der Waals surface area contributed by atoms with Gasteiger partial charge >= 0.3 is 5.97 Å². The molecule has 1 atom stereocenters. The molecular formula is C9H11BrN2O3. The van der Waals surface area contributed by atoms with E-state index in [9.17, 15) is 9.90 Å². The van der Waals surface area contributed by atoms with Crippen LogP contribution in [0, 0.1) is 0 Å². The average molecular weight is 275 g/mol. The van der Waals surface area contributed by atoms with Gasteiger partial charge in [0.2, 0.25) is 0 Å². The summed E-state index contributed by atoms with van der Waals surface area (Å²) in [6, 6.07) is 4.93. The van der Waals surface area contributed by atoms with Gasteiger partial charge in [-0.3, -0.25) is 5.84 Å². The highest BCUT2D eigenvalue weighted by atomic mass is 79.9. The van der Waals surface area contributed by atoms with Gasteiger partial charge in [0.05, 0.1) is 5.69 Å². The standard InChI is InChI=1S/C9H11BrN2O3/c10-4-5-1-2-6(7(3-5)12-11)8(13)9(14)15/h1-3,8,12-13H,4,11H2,(H,14,15). The summed E-state index contributed by atoms with van der Waals surface area (Å²) >= 11 is 3.26. The minimum absolute atomic E-state index is 0.245. The molecule has 1 rings (SSSR count). The number of hydrogen-bond donors (Lipinski definition) is 4. The van der Waals surface area contributed by atoms with Crippen molar-refractivity contribution in [3.63, 3.8) is 0 Å². The first-order valence-electron chi connectivity index (χ1n) is 4.16. The molecule has 0 aliphatic carbocycles. The van der Waals surface area contributed by atoms with Gasteiger partial charge in [0, 0.05) is 10.9 Å².